The number of nitrogens with zero attached hydrogens (tertiary/aromatic N) is 2. The zero-order chi connectivity index (χ0) is 29.5. The van der Waals surface area contributed by atoms with Crippen molar-refractivity contribution in [3.63, 3.8) is 0 Å². The van der Waals surface area contributed by atoms with Gasteiger partial charge in [-0.1, -0.05) is 116 Å². The maximum Gasteiger partial charge on any atom is 0.425 e. The maximum atomic E-state index is 4.80. The van der Waals surface area contributed by atoms with Crippen molar-refractivity contribution in [3.8, 4) is 11.4 Å². The van der Waals surface area contributed by atoms with E-state index >= 15 is 0 Å². The van der Waals surface area contributed by atoms with Crippen LogP contribution in [0.1, 0.15) is 108 Å². The van der Waals surface area contributed by atoms with E-state index in [1.165, 1.54) is 55.8 Å². The van der Waals surface area contributed by atoms with Crippen LogP contribution in [-0.4, -0.2) is 11.3 Å². The van der Waals surface area contributed by atoms with Gasteiger partial charge in [0.15, 0.2) is 0 Å². The minimum atomic E-state index is 0.0893. The van der Waals surface area contributed by atoms with Gasteiger partial charge in [-0.2, -0.15) is 0 Å². The molecule has 0 saturated heterocycles. The summed E-state index contributed by atoms with van der Waals surface area (Å²) in [5.74, 6) is 3.00. The van der Waals surface area contributed by atoms with E-state index in [1.54, 1.807) is 0 Å². The standard InChI is InChI=1S/C37H50BN2/c1-13-16-31(26(8)9)35(28(11)23(2)3)38-36(34-29(24(4)5)18-15-19-30(34)25(6)7)32-20-14-17-27(10)33(32)37-39(12)21-22-40(37)38/h13-26,36H,11H2,1-10,12H3/q+1/b16-13-,35-31-. The van der Waals surface area contributed by atoms with E-state index in [0.29, 0.717) is 23.7 Å². The van der Waals surface area contributed by atoms with Crippen molar-refractivity contribution in [3.05, 3.63) is 112 Å². The van der Waals surface area contributed by atoms with Crippen molar-refractivity contribution in [2.24, 2.45) is 18.9 Å². The molecule has 210 valence electrons. The summed E-state index contributed by atoms with van der Waals surface area (Å²) in [6, 6.07) is 14.0. The number of aryl methyl sites for hydroxylation is 2. The van der Waals surface area contributed by atoms with Crippen molar-refractivity contribution < 1.29 is 4.57 Å². The van der Waals surface area contributed by atoms with Crippen molar-refractivity contribution in [2.75, 3.05) is 0 Å². The molecule has 1 aromatic heterocycles. The first kappa shape index (κ1) is 29.9. The lowest BCUT2D eigenvalue weighted by molar-refractivity contribution is -0.659. The molecule has 0 radical (unpaired) electrons. The second-order valence-corrected chi connectivity index (χ2v) is 13.0. The van der Waals surface area contributed by atoms with E-state index in [4.69, 9.17) is 6.58 Å². The lowest BCUT2D eigenvalue weighted by Gasteiger charge is -2.36. The fourth-order valence-electron chi connectivity index (χ4n) is 6.83. The Hall–Kier alpha value is -3.07. The summed E-state index contributed by atoms with van der Waals surface area (Å²) in [7, 11) is 2.19. The highest BCUT2D eigenvalue weighted by Gasteiger charge is 2.50. The van der Waals surface area contributed by atoms with E-state index < -0.39 is 0 Å². The number of hydrogen-bond acceptors (Lipinski definition) is 0. The van der Waals surface area contributed by atoms with E-state index in [-0.39, 0.29) is 12.7 Å². The normalized spacial score (nSPS) is 15.9. The summed E-state index contributed by atoms with van der Waals surface area (Å²) < 4.78 is 4.89. The van der Waals surface area contributed by atoms with Crippen LogP contribution in [0.4, 0.5) is 0 Å². The summed E-state index contributed by atoms with van der Waals surface area (Å²) in [5.41, 5.74) is 12.6. The Kier molecular flexibility index (Phi) is 8.83. The molecule has 2 aromatic carbocycles. The van der Waals surface area contributed by atoms with E-state index in [0.717, 1.165) is 0 Å². The first-order valence-corrected chi connectivity index (χ1v) is 15.3. The van der Waals surface area contributed by atoms with Crippen molar-refractivity contribution in [2.45, 2.75) is 86.9 Å². The Morgan fingerprint density at radius 3 is 2.05 bits per heavy atom. The van der Waals surface area contributed by atoms with Crippen LogP contribution in [0.5, 0.6) is 0 Å². The molecule has 0 fully saturated rings. The zero-order valence-corrected chi connectivity index (χ0v) is 26.8. The predicted octanol–water partition coefficient (Wildman–Crippen LogP) is 9.34. The molecule has 1 aliphatic rings. The molecule has 3 aromatic rings. The molecule has 4 rings (SSSR count). The molecule has 1 atom stereocenters. The van der Waals surface area contributed by atoms with Gasteiger partial charge in [-0.3, -0.25) is 4.48 Å². The molecule has 40 heavy (non-hydrogen) atoms. The van der Waals surface area contributed by atoms with Gasteiger partial charge in [0.2, 0.25) is 0 Å². The van der Waals surface area contributed by atoms with Crippen LogP contribution in [0, 0.1) is 18.8 Å². The Labute approximate surface area is 244 Å². The molecule has 0 aliphatic carbocycles. The van der Waals surface area contributed by atoms with Crippen molar-refractivity contribution >= 4 is 6.85 Å². The average molecular weight is 534 g/mol. The second-order valence-electron chi connectivity index (χ2n) is 13.0. The van der Waals surface area contributed by atoms with Crippen LogP contribution in [0.3, 0.4) is 0 Å². The first-order valence-electron chi connectivity index (χ1n) is 15.3. The monoisotopic (exact) mass is 533 g/mol. The molecule has 0 spiro atoms. The van der Waals surface area contributed by atoms with Gasteiger partial charge < -0.3 is 0 Å². The number of rotatable bonds is 8. The highest BCUT2D eigenvalue weighted by Crippen LogP contribution is 2.49. The Morgan fingerprint density at radius 1 is 0.925 bits per heavy atom. The SMILES string of the molecule is C=C(/C(B1C(c2c(C(C)C)cccc2C(C)C)c2cccc(C)c2-c2n1cc[n+]2C)=C(\C=C/C)C(C)C)C(C)C. The van der Waals surface area contributed by atoms with Gasteiger partial charge in [0.1, 0.15) is 12.4 Å². The summed E-state index contributed by atoms with van der Waals surface area (Å²) in [4.78, 5) is 0. The van der Waals surface area contributed by atoms with Crippen LogP contribution in [0.2, 0.25) is 0 Å². The third kappa shape index (κ3) is 5.09. The molecule has 0 bridgehead atoms. The van der Waals surface area contributed by atoms with E-state index in [9.17, 15) is 0 Å². The van der Waals surface area contributed by atoms with Crippen LogP contribution in [-0.2, 0) is 7.05 Å². The molecular formula is C37H50BN2+. The molecule has 0 N–H and O–H groups in total. The van der Waals surface area contributed by atoms with Gasteiger partial charge in [-0.15, -0.1) is 0 Å². The Bertz CT molecular complexity index is 1440. The van der Waals surface area contributed by atoms with Gasteiger partial charge in [0.25, 0.3) is 5.82 Å². The maximum absolute atomic E-state index is 4.80. The molecule has 0 saturated carbocycles. The molecule has 1 unspecified atom stereocenters. The topological polar surface area (TPSA) is 8.81 Å². The number of imidazole rings is 1. The Balaban J connectivity index is 2.27. The highest BCUT2D eigenvalue weighted by molar-refractivity contribution is 6.70. The van der Waals surface area contributed by atoms with Gasteiger partial charge in [0.05, 0.1) is 12.6 Å². The Morgan fingerprint density at radius 2 is 1.52 bits per heavy atom. The first-order chi connectivity index (χ1) is 18.9. The fraction of sp³-hybridized carbons (Fsp3) is 0.432. The number of benzene rings is 2. The van der Waals surface area contributed by atoms with Gasteiger partial charge in [-0.25, -0.2) is 4.57 Å². The molecular weight excluding hydrogens is 483 g/mol. The molecule has 3 heteroatoms. The lowest BCUT2D eigenvalue weighted by atomic mass is 9.37. The van der Waals surface area contributed by atoms with Crippen LogP contribution < -0.4 is 4.57 Å². The van der Waals surface area contributed by atoms with E-state index in [2.05, 4.69) is 146 Å². The summed E-state index contributed by atoms with van der Waals surface area (Å²) >= 11 is 0. The van der Waals surface area contributed by atoms with Gasteiger partial charge in [-0.05, 0) is 76.4 Å². The minimum Gasteiger partial charge on any atom is -0.288 e. The summed E-state index contributed by atoms with van der Waals surface area (Å²) in [6.45, 7) is 28.0. The predicted molar refractivity (Wildman–Crippen MR) is 174 cm³/mol. The average Bonchev–Trinajstić information content (AvgIpc) is 3.28. The largest absolute Gasteiger partial charge is 0.425 e. The van der Waals surface area contributed by atoms with E-state index in [1.807, 2.05) is 0 Å². The minimum absolute atomic E-state index is 0.0893. The smallest absolute Gasteiger partial charge is 0.288 e. The van der Waals surface area contributed by atoms with Crippen molar-refractivity contribution in [1.82, 2.24) is 4.48 Å². The lowest BCUT2D eigenvalue weighted by Crippen LogP contribution is -2.45. The van der Waals surface area contributed by atoms with Crippen LogP contribution >= 0.6 is 0 Å². The molecule has 2 heterocycles. The quantitative estimate of drug-likeness (QED) is 0.155. The second kappa shape index (κ2) is 11.8. The highest BCUT2D eigenvalue weighted by atomic mass is 15.1. The zero-order valence-electron chi connectivity index (χ0n) is 26.8. The molecule has 1 aliphatic heterocycles. The summed E-state index contributed by atoms with van der Waals surface area (Å²) in [5, 5.41) is 0. The number of aromatic nitrogens is 2. The van der Waals surface area contributed by atoms with Crippen LogP contribution in [0.15, 0.2) is 84.1 Å². The third-order valence-electron chi connectivity index (χ3n) is 8.86. The number of fused-ring (bicyclic) bond motifs is 3. The molecule has 0 amide bonds. The summed E-state index contributed by atoms with van der Waals surface area (Å²) in [6.07, 6.45) is 9.10. The third-order valence-corrected chi connectivity index (χ3v) is 8.86. The fourth-order valence-corrected chi connectivity index (χ4v) is 6.83. The van der Waals surface area contributed by atoms with Gasteiger partial charge in [0, 0.05) is 5.82 Å². The van der Waals surface area contributed by atoms with Gasteiger partial charge >= 0.3 is 6.85 Å². The van der Waals surface area contributed by atoms with Crippen molar-refractivity contribution in [1.29, 1.82) is 0 Å². The molecule has 2 nitrogen and oxygen atoms in total. The number of hydrogen-bond donors (Lipinski definition) is 0. The van der Waals surface area contributed by atoms with Crippen LogP contribution in [0.25, 0.3) is 11.4 Å². The number of allylic oxidation sites excluding steroid dienone is 5.